The monoisotopic (exact) mass is 383 g/mol. The number of quaternary nitrogens is 1. The van der Waals surface area contributed by atoms with Gasteiger partial charge < -0.3 is 24.8 Å². The zero-order valence-corrected chi connectivity index (χ0v) is 17.1. The van der Waals surface area contributed by atoms with E-state index in [1.165, 1.54) is 4.90 Å². The maximum Gasteiger partial charge on any atom is 0.275 e. The fourth-order valence-electron chi connectivity index (χ4n) is 3.53. The van der Waals surface area contributed by atoms with Crippen molar-refractivity contribution in [2.45, 2.75) is 6.54 Å². The minimum atomic E-state index is 0.109. The van der Waals surface area contributed by atoms with E-state index in [1.807, 2.05) is 32.3 Å². The van der Waals surface area contributed by atoms with Crippen molar-refractivity contribution in [1.82, 2.24) is 5.32 Å². The van der Waals surface area contributed by atoms with E-state index in [0.717, 1.165) is 48.9 Å². The predicted molar refractivity (Wildman–Crippen MR) is 113 cm³/mol. The second kappa shape index (κ2) is 9.46. The molecule has 0 aromatic heterocycles. The van der Waals surface area contributed by atoms with Gasteiger partial charge in [-0.2, -0.15) is 0 Å². The predicted octanol–water partition coefficient (Wildman–Crippen LogP) is 0.783. The highest BCUT2D eigenvalue weighted by atomic mass is 16.5. The first-order valence-corrected chi connectivity index (χ1v) is 9.81. The third kappa shape index (κ3) is 5.16. The van der Waals surface area contributed by atoms with Gasteiger partial charge in [-0.3, -0.25) is 4.79 Å². The van der Waals surface area contributed by atoms with Gasteiger partial charge in [-0.05, 0) is 29.8 Å². The lowest BCUT2D eigenvalue weighted by atomic mass is 10.2. The third-order valence-electron chi connectivity index (χ3n) is 5.25. The first-order chi connectivity index (χ1) is 13.6. The summed E-state index contributed by atoms with van der Waals surface area (Å²) in [7, 11) is 5.75. The standard InChI is InChI=1S/C22H30N4O2/c1-24(2)19-10-8-18(9-11-19)16-23-22(27)17-25-12-14-26(15-13-25)20-6-4-5-7-21(20)28-3/h4-11H,12-17H2,1-3H3,(H,23,27)/p+1. The van der Waals surface area contributed by atoms with Gasteiger partial charge in [0.2, 0.25) is 0 Å². The minimum absolute atomic E-state index is 0.109. The van der Waals surface area contributed by atoms with Crippen molar-refractivity contribution < 1.29 is 14.4 Å². The molecule has 0 bridgehead atoms. The van der Waals surface area contributed by atoms with Gasteiger partial charge in [-0.25, -0.2) is 0 Å². The Labute approximate surface area is 167 Å². The SMILES string of the molecule is COc1ccccc1N1CC[NH+](CC(=O)NCc2ccc(N(C)C)cc2)CC1. The first kappa shape index (κ1) is 20.0. The van der Waals surface area contributed by atoms with Crippen LogP contribution in [0.4, 0.5) is 11.4 Å². The summed E-state index contributed by atoms with van der Waals surface area (Å²) in [5, 5.41) is 3.05. The molecule has 2 aromatic carbocycles. The van der Waals surface area contributed by atoms with Crippen molar-refractivity contribution in [2.24, 2.45) is 0 Å². The van der Waals surface area contributed by atoms with Crippen molar-refractivity contribution in [3.05, 3.63) is 54.1 Å². The minimum Gasteiger partial charge on any atom is -0.495 e. The summed E-state index contributed by atoms with van der Waals surface area (Å²) in [5.41, 5.74) is 3.41. The molecule has 1 fully saturated rings. The van der Waals surface area contributed by atoms with Crippen molar-refractivity contribution in [3.8, 4) is 5.75 Å². The van der Waals surface area contributed by atoms with Crippen LogP contribution in [0.25, 0.3) is 0 Å². The average Bonchev–Trinajstić information content (AvgIpc) is 2.73. The number of carbonyl (C=O) groups excluding carboxylic acids is 1. The number of benzene rings is 2. The van der Waals surface area contributed by atoms with E-state index in [2.05, 4.69) is 45.4 Å². The lowest BCUT2D eigenvalue weighted by molar-refractivity contribution is -0.892. The van der Waals surface area contributed by atoms with Gasteiger partial charge in [0.1, 0.15) is 5.75 Å². The third-order valence-corrected chi connectivity index (χ3v) is 5.25. The van der Waals surface area contributed by atoms with E-state index >= 15 is 0 Å². The number of piperazine rings is 1. The number of rotatable bonds is 7. The number of amides is 1. The van der Waals surface area contributed by atoms with E-state index in [4.69, 9.17) is 4.74 Å². The summed E-state index contributed by atoms with van der Waals surface area (Å²) in [6.07, 6.45) is 0. The number of para-hydroxylation sites is 2. The molecule has 1 amide bonds. The lowest BCUT2D eigenvalue weighted by Crippen LogP contribution is -3.15. The average molecular weight is 384 g/mol. The zero-order valence-electron chi connectivity index (χ0n) is 17.1. The molecule has 0 radical (unpaired) electrons. The molecule has 0 saturated carbocycles. The lowest BCUT2D eigenvalue weighted by Gasteiger charge is -2.34. The van der Waals surface area contributed by atoms with Crippen LogP contribution in [0.5, 0.6) is 5.75 Å². The van der Waals surface area contributed by atoms with E-state index in [9.17, 15) is 4.79 Å². The summed E-state index contributed by atoms with van der Waals surface area (Å²) < 4.78 is 5.47. The topological polar surface area (TPSA) is 49.3 Å². The highest BCUT2D eigenvalue weighted by Crippen LogP contribution is 2.27. The van der Waals surface area contributed by atoms with Crippen LogP contribution in [0.15, 0.2) is 48.5 Å². The summed E-state index contributed by atoms with van der Waals surface area (Å²) in [5.74, 6) is 1.02. The van der Waals surface area contributed by atoms with Crippen molar-refractivity contribution in [1.29, 1.82) is 0 Å². The maximum absolute atomic E-state index is 12.3. The van der Waals surface area contributed by atoms with E-state index in [1.54, 1.807) is 7.11 Å². The van der Waals surface area contributed by atoms with Crippen molar-refractivity contribution >= 4 is 17.3 Å². The van der Waals surface area contributed by atoms with Crippen LogP contribution in [-0.2, 0) is 11.3 Å². The van der Waals surface area contributed by atoms with Gasteiger partial charge >= 0.3 is 0 Å². The second-order valence-electron chi connectivity index (χ2n) is 7.42. The normalized spacial score (nSPS) is 14.6. The van der Waals surface area contributed by atoms with Crippen LogP contribution < -0.4 is 24.8 Å². The number of carbonyl (C=O) groups is 1. The molecule has 6 nitrogen and oxygen atoms in total. The molecule has 0 aliphatic carbocycles. The number of hydrogen-bond acceptors (Lipinski definition) is 4. The van der Waals surface area contributed by atoms with Gasteiger partial charge in [0.25, 0.3) is 5.91 Å². The van der Waals surface area contributed by atoms with Gasteiger partial charge in [0.05, 0.1) is 39.0 Å². The number of ether oxygens (including phenoxy) is 1. The van der Waals surface area contributed by atoms with Crippen molar-refractivity contribution in [3.63, 3.8) is 0 Å². The quantitative estimate of drug-likeness (QED) is 0.742. The Morgan fingerprint density at radius 1 is 1.11 bits per heavy atom. The molecule has 0 spiro atoms. The molecule has 3 rings (SSSR count). The second-order valence-corrected chi connectivity index (χ2v) is 7.42. The molecule has 0 atom stereocenters. The maximum atomic E-state index is 12.3. The highest BCUT2D eigenvalue weighted by molar-refractivity contribution is 5.76. The largest absolute Gasteiger partial charge is 0.495 e. The fraction of sp³-hybridized carbons (Fsp3) is 0.409. The molecule has 2 N–H and O–H groups in total. The van der Waals surface area contributed by atoms with Crippen LogP contribution in [0, 0.1) is 0 Å². The molecule has 150 valence electrons. The molecule has 0 unspecified atom stereocenters. The summed E-state index contributed by atoms with van der Waals surface area (Å²) >= 11 is 0. The molecule has 1 aliphatic rings. The van der Waals surface area contributed by atoms with Crippen LogP contribution in [0.3, 0.4) is 0 Å². The molecule has 6 heteroatoms. The first-order valence-electron chi connectivity index (χ1n) is 9.81. The van der Waals surface area contributed by atoms with Gasteiger partial charge in [-0.1, -0.05) is 24.3 Å². The van der Waals surface area contributed by atoms with E-state index in [0.29, 0.717) is 13.1 Å². The van der Waals surface area contributed by atoms with Crippen LogP contribution in [-0.4, -0.2) is 59.8 Å². The summed E-state index contributed by atoms with van der Waals surface area (Å²) in [4.78, 5) is 18.1. The molecular formula is C22H31N4O2+. The Kier molecular flexibility index (Phi) is 6.76. The summed E-state index contributed by atoms with van der Waals surface area (Å²) in [6, 6.07) is 16.4. The zero-order chi connectivity index (χ0) is 19.9. The number of anilines is 2. The number of hydrogen-bond donors (Lipinski definition) is 2. The van der Waals surface area contributed by atoms with E-state index < -0.39 is 0 Å². The smallest absolute Gasteiger partial charge is 0.275 e. The molecule has 1 saturated heterocycles. The fourth-order valence-corrected chi connectivity index (χ4v) is 3.53. The van der Waals surface area contributed by atoms with Gasteiger partial charge in [0, 0.05) is 26.3 Å². The Morgan fingerprint density at radius 3 is 2.43 bits per heavy atom. The van der Waals surface area contributed by atoms with E-state index in [-0.39, 0.29) is 5.91 Å². The molecule has 1 aliphatic heterocycles. The van der Waals surface area contributed by atoms with Crippen LogP contribution >= 0.6 is 0 Å². The Morgan fingerprint density at radius 2 is 1.79 bits per heavy atom. The molecular weight excluding hydrogens is 352 g/mol. The highest BCUT2D eigenvalue weighted by Gasteiger charge is 2.23. The van der Waals surface area contributed by atoms with Crippen LogP contribution in [0.2, 0.25) is 0 Å². The molecule has 2 aromatic rings. The van der Waals surface area contributed by atoms with Gasteiger partial charge in [0.15, 0.2) is 6.54 Å². The van der Waals surface area contributed by atoms with Crippen molar-refractivity contribution in [2.75, 3.05) is 63.7 Å². The summed E-state index contributed by atoms with van der Waals surface area (Å²) in [6.45, 7) is 4.85. The molecule has 28 heavy (non-hydrogen) atoms. The Balaban J connectivity index is 1.43. The Hall–Kier alpha value is -2.73. The Bertz CT molecular complexity index is 768. The van der Waals surface area contributed by atoms with Crippen LogP contribution in [0.1, 0.15) is 5.56 Å². The molecule has 1 heterocycles. The van der Waals surface area contributed by atoms with Gasteiger partial charge in [-0.15, -0.1) is 0 Å². The number of nitrogens with zero attached hydrogens (tertiary/aromatic N) is 2. The number of methoxy groups -OCH3 is 1. The number of nitrogens with one attached hydrogen (secondary N) is 2.